The number of nitrogens with zero attached hydrogens (tertiary/aromatic N) is 1. The van der Waals surface area contributed by atoms with E-state index in [0.717, 1.165) is 16.7 Å². The van der Waals surface area contributed by atoms with Crippen LogP contribution in [0.5, 0.6) is 0 Å². The van der Waals surface area contributed by atoms with Crippen molar-refractivity contribution in [3.8, 4) is 0 Å². The van der Waals surface area contributed by atoms with E-state index in [2.05, 4.69) is 43.6 Å². The van der Waals surface area contributed by atoms with Crippen molar-refractivity contribution in [3.63, 3.8) is 0 Å². The Morgan fingerprint density at radius 1 is 1.29 bits per heavy atom. The largest absolute Gasteiger partial charge is 0.378 e. The Balaban J connectivity index is 1.95. The second-order valence-corrected chi connectivity index (χ2v) is 3.88. The second-order valence-electron chi connectivity index (χ2n) is 2.97. The van der Waals surface area contributed by atoms with Gasteiger partial charge < -0.3 is 5.32 Å². The fraction of sp³-hybridized carbons (Fsp3) is 0.100. The van der Waals surface area contributed by atoms with Crippen molar-refractivity contribution in [2.24, 2.45) is 0 Å². The average Bonchev–Trinajstić information content (AvgIpc) is 2.70. The lowest BCUT2D eigenvalue weighted by molar-refractivity contribution is 1.09. The zero-order valence-electron chi connectivity index (χ0n) is 7.50. The summed E-state index contributed by atoms with van der Waals surface area (Å²) in [5.41, 5.74) is 2.25. The van der Waals surface area contributed by atoms with Crippen molar-refractivity contribution in [1.82, 2.24) is 10.2 Å². The molecule has 72 valence electrons. The fourth-order valence-electron chi connectivity index (χ4n) is 1.15. The van der Waals surface area contributed by atoms with Crippen LogP contribution >= 0.6 is 15.9 Å². The fourth-order valence-corrected chi connectivity index (χ4v) is 1.42. The minimum atomic E-state index is 0.812. The lowest BCUT2D eigenvalue weighted by Gasteiger charge is -2.03. The Kier molecular flexibility index (Phi) is 2.84. The third-order valence-electron chi connectivity index (χ3n) is 1.91. The van der Waals surface area contributed by atoms with Gasteiger partial charge in [-0.05, 0) is 17.7 Å². The van der Waals surface area contributed by atoms with Crippen LogP contribution in [-0.4, -0.2) is 10.2 Å². The van der Waals surface area contributed by atoms with E-state index in [1.807, 2.05) is 18.3 Å². The molecule has 2 rings (SSSR count). The van der Waals surface area contributed by atoms with Gasteiger partial charge in [0.05, 0.1) is 11.9 Å². The summed E-state index contributed by atoms with van der Waals surface area (Å²) in [4.78, 5) is 0. The van der Waals surface area contributed by atoms with Crippen molar-refractivity contribution < 1.29 is 0 Å². The molecular formula is C10H10BrN3. The molecule has 4 heteroatoms. The molecule has 0 atom stereocenters. The lowest BCUT2D eigenvalue weighted by atomic mass is 10.2. The first-order valence-electron chi connectivity index (χ1n) is 4.32. The number of benzene rings is 1. The Bertz CT molecular complexity index is 380. The lowest BCUT2D eigenvalue weighted by Crippen LogP contribution is -1.97. The minimum absolute atomic E-state index is 0.812. The number of halogens is 1. The van der Waals surface area contributed by atoms with Crippen LogP contribution in [0, 0.1) is 0 Å². The van der Waals surface area contributed by atoms with E-state index in [0.29, 0.717) is 0 Å². The van der Waals surface area contributed by atoms with Crippen LogP contribution in [0.1, 0.15) is 5.56 Å². The Labute approximate surface area is 90.7 Å². The smallest absolute Gasteiger partial charge is 0.0726 e. The maximum absolute atomic E-state index is 3.85. The van der Waals surface area contributed by atoms with Gasteiger partial charge in [0, 0.05) is 17.2 Å². The molecule has 0 bridgehead atoms. The van der Waals surface area contributed by atoms with E-state index in [1.165, 1.54) is 5.56 Å². The quantitative estimate of drug-likeness (QED) is 0.881. The van der Waals surface area contributed by atoms with Crippen LogP contribution in [0.4, 0.5) is 5.69 Å². The minimum Gasteiger partial charge on any atom is -0.378 e. The molecule has 1 aromatic heterocycles. The highest BCUT2D eigenvalue weighted by atomic mass is 79.9. The topological polar surface area (TPSA) is 40.7 Å². The highest BCUT2D eigenvalue weighted by Crippen LogP contribution is 2.11. The molecule has 0 aliphatic carbocycles. The third kappa shape index (κ3) is 2.35. The first-order valence-corrected chi connectivity index (χ1v) is 5.11. The molecule has 0 aliphatic rings. The van der Waals surface area contributed by atoms with E-state index in [1.54, 1.807) is 6.20 Å². The molecule has 2 N–H and O–H groups in total. The van der Waals surface area contributed by atoms with Crippen LogP contribution in [0.2, 0.25) is 0 Å². The summed E-state index contributed by atoms with van der Waals surface area (Å²) in [6, 6.07) is 8.23. The summed E-state index contributed by atoms with van der Waals surface area (Å²) in [5.74, 6) is 0. The molecule has 0 aliphatic heterocycles. The highest BCUT2D eigenvalue weighted by molar-refractivity contribution is 9.10. The van der Waals surface area contributed by atoms with E-state index >= 15 is 0 Å². The van der Waals surface area contributed by atoms with Gasteiger partial charge in [0.15, 0.2) is 0 Å². The van der Waals surface area contributed by atoms with Crippen molar-refractivity contribution >= 4 is 21.6 Å². The predicted octanol–water partition coefficient (Wildman–Crippen LogP) is 2.78. The molecule has 1 heterocycles. The molecule has 0 fully saturated rings. The number of hydrogen-bond donors (Lipinski definition) is 2. The van der Waals surface area contributed by atoms with Crippen molar-refractivity contribution in [1.29, 1.82) is 0 Å². The number of H-pyrrole nitrogens is 1. The number of rotatable bonds is 3. The molecule has 0 spiro atoms. The standard InChI is InChI=1S/C10H10BrN3/c11-9-3-1-8(2-4-9)5-12-10-6-13-14-7-10/h1-4,6-7,12H,5H2,(H,13,14). The van der Waals surface area contributed by atoms with Crippen LogP contribution in [-0.2, 0) is 6.54 Å². The highest BCUT2D eigenvalue weighted by Gasteiger charge is 1.94. The zero-order valence-corrected chi connectivity index (χ0v) is 9.08. The molecule has 0 saturated heterocycles. The molecule has 0 unspecified atom stereocenters. The van der Waals surface area contributed by atoms with Crippen LogP contribution in [0.15, 0.2) is 41.1 Å². The van der Waals surface area contributed by atoms with Crippen LogP contribution in [0.3, 0.4) is 0 Å². The molecule has 1 aromatic carbocycles. The molecule has 0 amide bonds. The molecule has 0 radical (unpaired) electrons. The number of anilines is 1. The Morgan fingerprint density at radius 3 is 2.71 bits per heavy atom. The molecule has 3 nitrogen and oxygen atoms in total. The van der Waals surface area contributed by atoms with Crippen molar-refractivity contribution in [2.45, 2.75) is 6.54 Å². The monoisotopic (exact) mass is 251 g/mol. The maximum atomic E-state index is 3.85. The zero-order chi connectivity index (χ0) is 9.80. The van der Waals surface area contributed by atoms with Gasteiger partial charge in [-0.1, -0.05) is 28.1 Å². The summed E-state index contributed by atoms with van der Waals surface area (Å²) in [5, 5.41) is 9.86. The van der Waals surface area contributed by atoms with Gasteiger partial charge in [0.1, 0.15) is 0 Å². The second kappa shape index (κ2) is 4.28. The predicted molar refractivity (Wildman–Crippen MR) is 60.1 cm³/mol. The number of aromatic amines is 1. The molecular weight excluding hydrogens is 242 g/mol. The van der Waals surface area contributed by atoms with E-state index in [-0.39, 0.29) is 0 Å². The normalized spacial score (nSPS) is 10.1. The summed E-state index contributed by atoms with van der Waals surface area (Å²) < 4.78 is 1.10. The van der Waals surface area contributed by atoms with E-state index in [9.17, 15) is 0 Å². The summed E-state index contributed by atoms with van der Waals surface area (Å²) in [7, 11) is 0. The number of aromatic nitrogens is 2. The van der Waals surface area contributed by atoms with Gasteiger partial charge >= 0.3 is 0 Å². The maximum Gasteiger partial charge on any atom is 0.0726 e. The van der Waals surface area contributed by atoms with Gasteiger partial charge in [0.25, 0.3) is 0 Å². The van der Waals surface area contributed by atoms with Crippen LogP contribution < -0.4 is 5.32 Å². The summed E-state index contributed by atoms with van der Waals surface area (Å²) in [6.07, 6.45) is 3.59. The van der Waals surface area contributed by atoms with Gasteiger partial charge in [-0.15, -0.1) is 0 Å². The van der Waals surface area contributed by atoms with Gasteiger partial charge in [-0.25, -0.2) is 0 Å². The first kappa shape index (κ1) is 9.27. The molecule has 2 aromatic rings. The van der Waals surface area contributed by atoms with Gasteiger partial charge in [-0.3, -0.25) is 5.10 Å². The average molecular weight is 252 g/mol. The molecule has 14 heavy (non-hydrogen) atoms. The third-order valence-corrected chi connectivity index (χ3v) is 2.44. The SMILES string of the molecule is Brc1ccc(CNc2cn[nH]c2)cc1. The van der Waals surface area contributed by atoms with E-state index < -0.39 is 0 Å². The Hall–Kier alpha value is -1.29. The van der Waals surface area contributed by atoms with Gasteiger partial charge in [0.2, 0.25) is 0 Å². The molecule has 0 saturated carbocycles. The van der Waals surface area contributed by atoms with Crippen molar-refractivity contribution in [2.75, 3.05) is 5.32 Å². The van der Waals surface area contributed by atoms with Crippen LogP contribution in [0.25, 0.3) is 0 Å². The first-order chi connectivity index (χ1) is 6.84. The van der Waals surface area contributed by atoms with E-state index in [4.69, 9.17) is 0 Å². The van der Waals surface area contributed by atoms with Crippen molar-refractivity contribution in [3.05, 3.63) is 46.7 Å². The summed E-state index contributed by atoms with van der Waals surface area (Å²) >= 11 is 3.40. The number of hydrogen-bond acceptors (Lipinski definition) is 2. The van der Waals surface area contributed by atoms with Gasteiger partial charge in [-0.2, -0.15) is 5.10 Å². The number of nitrogens with one attached hydrogen (secondary N) is 2. The Morgan fingerprint density at radius 2 is 2.07 bits per heavy atom. The summed E-state index contributed by atoms with van der Waals surface area (Å²) in [6.45, 7) is 0.812.